The molecule has 0 unspecified atom stereocenters. The monoisotopic (exact) mass is 507 g/mol. The standard InChI is InChI=1S/C22H19ClFN3O4S2/c1-2-15-18(11-12-19(20(15)23)33(29,30)31)27-22(32)26-14-9-7-13(8-10-14)25-21(28)16-5-3-4-6-17(16)24/h3-12H,2H2,1H3,(H,25,28)(H2,26,27,32)(H,29,30,31). The average Bonchev–Trinajstić information content (AvgIpc) is 2.74. The van der Waals surface area contributed by atoms with Gasteiger partial charge in [-0.15, -0.1) is 0 Å². The van der Waals surface area contributed by atoms with Gasteiger partial charge >= 0.3 is 0 Å². The highest BCUT2D eigenvalue weighted by atomic mass is 35.5. The molecule has 0 heterocycles. The molecule has 0 aliphatic rings. The summed E-state index contributed by atoms with van der Waals surface area (Å²) in [5.41, 5.74) is 1.97. The van der Waals surface area contributed by atoms with Crippen molar-refractivity contribution in [3.05, 3.63) is 82.6 Å². The molecule has 3 aromatic rings. The highest BCUT2D eigenvalue weighted by molar-refractivity contribution is 7.86. The third-order valence-electron chi connectivity index (χ3n) is 4.61. The Kier molecular flexibility index (Phi) is 7.65. The lowest BCUT2D eigenvalue weighted by Gasteiger charge is -2.16. The van der Waals surface area contributed by atoms with Gasteiger partial charge in [-0.05, 0) is 72.7 Å². The summed E-state index contributed by atoms with van der Waals surface area (Å²) < 4.78 is 46.0. The minimum absolute atomic E-state index is 0.0597. The Morgan fingerprint density at radius 1 is 1.00 bits per heavy atom. The molecule has 4 N–H and O–H groups in total. The Labute approximate surface area is 200 Å². The number of hydrogen-bond donors (Lipinski definition) is 4. The van der Waals surface area contributed by atoms with Gasteiger partial charge in [0.15, 0.2) is 5.11 Å². The SMILES string of the molecule is CCc1c(NC(=S)Nc2ccc(NC(=O)c3ccccc3F)cc2)ccc(S(=O)(=O)O)c1Cl. The Bertz CT molecular complexity index is 1320. The highest BCUT2D eigenvalue weighted by Gasteiger charge is 2.19. The quantitative estimate of drug-likeness (QED) is 0.263. The van der Waals surface area contributed by atoms with Crippen molar-refractivity contribution in [1.82, 2.24) is 0 Å². The maximum Gasteiger partial charge on any atom is 0.296 e. The van der Waals surface area contributed by atoms with E-state index in [1.807, 2.05) is 0 Å². The van der Waals surface area contributed by atoms with E-state index >= 15 is 0 Å². The molecular formula is C22H19ClFN3O4S2. The summed E-state index contributed by atoms with van der Waals surface area (Å²) in [5, 5.41) is 8.67. The molecule has 0 radical (unpaired) electrons. The number of amides is 1. The Balaban J connectivity index is 1.67. The van der Waals surface area contributed by atoms with E-state index < -0.39 is 21.8 Å². The van der Waals surface area contributed by atoms with Crippen LogP contribution in [0.1, 0.15) is 22.8 Å². The van der Waals surface area contributed by atoms with Crippen LogP contribution in [0.2, 0.25) is 5.02 Å². The van der Waals surface area contributed by atoms with Crippen LogP contribution in [0.15, 0.2) is 65.6 Å². The molecule has 33 heavy (non-hydrogen) atoms. The van der Waals surface area contributed by atoms with E-state index in [9.17, 15) is 22.2 Å². The Morgan fingerprint density at radius 3 is 2.18 bits per heavy atom. The number of halogens is 2. The van der Waals surface area contributed by atoms with Gasteiger partial charge in [-0.25, -0.2) is 4.39 Å². The van der Waals surface area contributed by atoms with Gasteiger partial charge in [0.1, 0.15) is 10.7 Å². The van der Waals surface area contributed by atoms with Crippen molar-refractivity contribution in [2.45, 2.75) is 18.2 Å². The van der Waals surface area contributed by atoms with Crippen LogP contribution >= 0.6 is 23.8 Å². The molecule has 0 aromatic heterocycles. The van der Waals surface area contributed by atoms with Crippen molar-refractivity contribution < 1.29 is 22.2 Å². The molecule has 0 saturated heterocycles. The Hall–Kier alpha value is -3.05. The number of thiocarbonyl (C=S) groups is 1. The zero-order valence-corrected chi connectivity index (χ0v) is 19.6. The van der Waals surface area contributed by atoms with Crippen LogP contribution in [0.5, 0.6) is 0 Å². The molecule has 0 saturated carbocycles. The number of benzene rings is 3. The van der Waals surface area contributed by atoms with Crippen molar-refractivity contribution in [2.75, 3.05) is 16.0 Å². The van der Waals surface area contributed by atoms with Crippen LogP contribution in [0.4, 0.5) is 21.5 Å². The molecule has 11 heteroatoms. The van der Waals surface area contributed by atoms with E-state index in [1.165, 1.54) is 30.3 Å². The number of carbonyl (C=O) groups is 1. The van der Waals surface area contributed by atoms with Gasteiger partial charge in [-0.2, -0.15) is 8.42 Å². The third kappa shape index (κ3) is 6.05. The largest absolute Gasteiger partial charge is 0.332 e. The van der Waals surface area contributed by atoms with E-state index in [4.69, 9.17) is 23.8 Å². The second-order valence-electron chi connectivity index (χ2n) is 6.82. The van der Waals surface area contributed by atoms with Gasteiger partial charge in [-0.3, -0.25) is 9.35 Å². The molecule has 7 nitrogen and oxygen atoms in total. The summed E-state index contributed by atoms with van der Waals surface area (Å²) in [4.78, 5) is 11.8. The average molecular weight is 508 g/mol. The molecule has 3 aromatic carbocycles. The first-order valence-corrected chi connectivity index (χ1v) is 11.9. The van der Waals surface area contributed by atoms with Crippen molar-refractivity contribution in [3.8, 4) is 0 Å². The summed E-state index contributed by atoms with van der Waals surface area (Å²) >= 11 is 11.5. The summed E-state index contributed by atoms with van der Waals surface area (Å²) in [6.45, 7) is 1.78. The summed E-state index contributed by atoms with van der Waals surface area (Å²) in [7, 11) is -4.45. The first kappa shape index (κ1) is 24.6. The van der Waals surface area contributed by atoms with Crippen LogP contribution in [0, 0.1) is 5.82 Å². The number of hydrogen-bond acceptors (Lipinski definition) is 4. The zero-order valence-electron chi connectivity index (χ0n) is 17.2. The first-order chi connectivity index (χ1) is 15.6. The number of rotatable bonds is 6. The Morgan fingerprint density at radius 2 is 1.61 bits per heavy atom. The van der Waals surface area contributed by atoms with Crippen LogP contribution in [0.25, 0.3) is 0 Å². The number of carbonyl (C=O) groups excluding carboxylic acids is 1. The molecule has 1 amide bonds. The zero-order chi connectivity index (χ0) is 24.2. The fraction of sp³-hybridized carbons (Fsp3) is 0.0909. The van der Waals surface area contributed by atoms with E-state index in [1.54, 1.807) is 37.3 Å². The molecule has 0 aliphatic heterocycles. The molecule has 0 aliphatic carbocycles. The van der Waals surface area contributed by atoms with Gasteiger partial charge in [-0.1, -0.05) is 30.7 Å². The lowest BCUT2D eigenvalue weighted by Crippen LogP contribution is -2.20. The fourth-order valence-electron chi connectivity index (χ4n) is 3.03. The minimum Gasteiger partial charge on any atom is -0.332 e. The van der Waals surface area contributed by atoms with Crippen LogP contribution in [-0.2, 0) is 16.5 Å². The van der Waals surface area contributed by atoms with Gasteiger partial charge in [0, 0.05) is 17.1 Å². The highest BCUT2D eigenvalue weighted by Crippen LogP contribution is 2.31. The van der Waals surface area contributed by atoms with Crippen molar-refractivity contribution >= 4 is 62.0 Å². The van der Waals surface area contributed by atoms with Gasteiger partial charge in [0.2, 0.25) is 0 Å². The molecule has 0 spiro atoms. The molecule has 0 atom stereocenters. The molecule has 0 bridgehead atoms. The first-order valence-electron chi connectivity index (χ1n) is 9.63. The van der Waals surface area contributed by atoms with Crippen molar-refractivity contribution in [2.24, 2.45) is 0 Å². The molecular weight excluding hydrogens is 489 g/mol. The molecule has 3 rings (SSSR count). The van der Waals surface area contributed by atoms with E-state index in [2.05, 4.69) is 16.0 Å². The maximum absolute atomic E-state index is 13.7. The summed E-state index contributed by atoms with van der Waals surface area (Å²) in [6, 6.07) is 14.9. The van der Waals surface area contributed by atoms with Gasteiger partial charge in [0.05, 0.1) is 10.6 Å². The van der Waals surface area contributed by atoms with E-state index in [0.29, 0.717) is 29.0 Å². The second-order valence-corrected chi connectivity index (χ2v) is 9.00. The van der Waals surface area contributed by atoms with Crippen molar-refractivity contribution in [1.29, 1.82) is 0 Å². The predicted molar refractivity (Wildman–Crippen MR) is 131 cm³/mol. The normalized spacial score (nSPS) is 11.0. The van der Waals surface area contributed by atoms with Crippen molar-refractivity contribution in [3.63, 3.8) is 0 Å². The fourth-order valence-corrected chi connectivity index (χ4v) is 4.44. The van der Waals surface area contributed by atoms with Crippen LogP contribution < -0.4 is 16.0 Å². The van der Waals surface area contributed by atoms with Gasteiger partial charge in [0.25, 0.3) is 16.0 Å². The van der Waals surface area contributed by atoms with Crippen LogP contribution in [0.3, 0.4) is 0 Å². The van der Waals surface area contributed by atoms with Gasteiger partial charge < -0.3 is 16.0 Å². The minimum atomic E-state index is -4.45. The molecule has 172 valence electrons. The predicted octanol–water partition coefficient (Wildman–Crippen LogP) is 5.35. The number of anilines is 3. The number of nitrogens with one attached hydrogen (secondary N) is 3. The topological polar surface area (TPSA) is 108 Å². The lowest BCUT2D eigenvalue weighted by atomic mass is 10.1. The van der Waals surface area contributed by atoms with E-state index in [-0.39, 0.29) is 20.6 Å². The van der Waals surface area contributed by atoms with E-state index in [0.717, 1.165) is 0 Å². The summed E-state index contributed by atoms with van der Waals surface area (Å²) in [6.07, 6.45) is 0.392. The second kappa shape index (κ2) is 10.3. The smallest absolute Gasteiger partial charge is 0.296 e. The lowest BCUT2D eigenvalue weighted by molar-refractivity contribution is 0.102. The maximum atomic E-state index is 13.7. The summed E-state index contributed by atoms with van der Waals surface area (Å²) in [5.74, 6) is -1.18. The third-order valence-corrected chi connectivity index (χ3v) is 6.25. The van der Waals surface area contributed by atoms with Crippen LogP contribution in [-0.4, -0.2) is 24.0 Å². The molecule has 0 fully saturated rings.